The Hall–Kier alpha value is 0.140. The van der Waals surface area contributed by atoms with Gasteiger partial charge in [0.05, 0.1) is 19.2 Å². The standard InChI is InChI=1S/C10H17FO2.Na.H/c1-8(2)13-10(12)5-4-9(3)6-7-11;;/h4,8H,5-7H2,1-3H3;;. The molecule has 0 heterocycles. The van der Waals surface area contributed by atoms with Crippen LogP contribution in [0, 0.1) is 0 Å². The number of alkyl halides is 1. The Morgan fingerprint density at radius 1 is 1.50 bits per heavy atom. The SMILES string of the molecule is CC(=CCC(=O)OC(C)C)CCF.[NaH]. The minimum absolute atomic E-state index is 0. The molecule has 78 valence electrons. The number of carbonyl (C=O) groups is 1. The van der Waals surface area contributed by atoms with E-state index in [0.717, 1.165) is 5.57 Å². The van der Waals surface area contributed by atoms with E-state index in [1.165, 1.54) is 0 Å². The summed E-state index contributed by atoms with van der Waals surface area (Å²) in [6, 6.07) is 0. The van der Waals surface area contributed by atoms with Crippen molar-refractivity contribution in [3.8, 4) is 0 Å². The van der Waals surface area contributed by atoms with Gasteiger partial charge in [0.25, 0.3) is 0 Å². The number of carbonyl (C=O) groups excluding carboxylic acids is 1. The monoisotopic (exact) mass is 212 g/mol. The van der Waals surface area contributed by atoms with E-state index in [1.54, 1.807) is 19.9 Å². The number of hydrogen-bond donors (Lipinski definition) is 0. The van der Waals surface area contributed by atoms with Crippen molar-refractivity contribution in [2.75, 3.05) is 6.67 Å². The fourth-order valence-electron chi connectivity index (χ4n) is 0.820. The maximum absolute atomic E-state index is 11.8. The summed E-state index contributed by atoms with van der Waals surface area (Å²) in [4.78, 5) is 11.0. The molecule has 0 atom stereocenters. The first kappa shape index (κ1) is 16.6. The molecule has 0 fully saturated rings. The van der Waals surface area contributed by atoms with E-state index in [0.29, 0.717) is 6.42 Å². The van der Waals surface area contributed by atoms with Crippen molar-refractivity contribution in [2.24, 2.45) is 0 Å². The van der Waals surface area contributed by atoms with E-state index in [1.807, 2.05) is 6.92 Å². The predicted octanol–water partition coefficient (Wildman–Crippen LogP) is 1.99. The molecule has 4 heteroatoms. The van der Waals surface area contributed by atoms with Gasteiger partial charge in [-0.3, -0.25) is 9.18 Å². The summed E-state index contributed by atoms with van der Waals surface area (Å²) >= 11 is 0. The van der Waals surface area contributed by atoms with Crippen LogP contribution < -0.4 is 0 Å². The molecule has 0 aliphatic carbocycles. The van der Waals surface area contributed by atoms with Crippen LogP contribution in [0.25, 0.3) is 0 Å². The van der Waals surface area contributed by atoms with Crippen LogP contribution in [-0.2, 0) is 9.53 Å². The Morgan fingerprint density at radius 2 is 2.07 bits per heavy atom. The van der Waals surface area contributed by atoms with Crippen molar-refractivity contribution in [1.29, 1.82) is 0 Å². The molecule has 0 bridgehead atoms. The number of allylic oxidation sites excluding steroid dienone is 1. The summed E-state index contributed by atoms with van der Waals surface area (Å²) in [5, 5.41) is 0. The molecule has 0 aliphatic rings. The van der Waals surface area contributed by atoms with Gasteiger partial charge in [-0.15, -0.1) is 0 Å². The van der Waals surface area contributed by atoms with Crippen LogP contribution in [0.1, 0.15) is 33.6 Å². The Kier molecular flexibility index (Phi) is 11.5. The molecule has 14 heavy (non-hydrogen) atoms. The number of hydrogen-bond acceptors (Lipinski definition) is 2. The summed E-state index contributed by atoms with van der Waals surface area (Å²) < 4.78 is 16.7. The Bertz CT molecular complexity index is 191. The average Bonchev–Trinajstić information content (AvgIpc) is 2.00. The summed E-state index contributed by atoms with van der Waals surface area (Å²) in [6.07, 6.45) is 2.27. The van der Waals surface area contributed by atoms with Crippen LogP contribution in [-0.4, -0.2) is 48.3 Å². The second kappa shape index (κ2) is 9.69. The van der Waals surface area contributed by atoms with Gasteiger partial charge in [-0.1, -0.05) is 11.6 Å². The Balaban J connectivity index is 0. The third-order valence-corrected chi connectivity index (χ3v) is 1.47. The molecule has 0 aromatic rings. The van der Waals surface area contributed by atoms with Gasteiger partial charge in [0, 0.05) is 0 Å². The molecule has 0 aliphatic heterocycles. The van der Waals surface area contributed by atoms with Crippen molar-refractivity contribution in [3.05, 3.63) is 11.6 Å². The average molecular weight is 212 g/mol. The molecule has 2 nitrogen and oxygen atoms in total. The molecule has 0 rings (SSSR count). The van der Waals surface area contributed by atoms with E-state index in [4.69, 9.17) is 4.74 Å². The van der Waals surface area contributed by atoms with Crippen LogP contribution in [0.3, 0.4) is 0 Å². The molecule has 0 aromatic carbocycles. The summed E-state index contributed by atoms with van der Waals surface area (Å²) in [5.41, 5.74) is 0.892. The molecule has 0 saturated heterocycles. The molecule has 0 saturated carbocycles. The van der Waals surface area contributed by atoms with Crippen molar-refractivity contribution < 1.29 is 13.9 Å². The Morgan fingerprint density at radius 3 is 2.50 bits per heavy atom. The van der Waals surface area contributed by atoms with E-state index < -0.39 is 0 Å². The first-order chi connectivity index (χ1) is 6.06. The van der Waals surface area contributed by atoms with Gasteiger partial charge in [0.2, 0.25) is 0 Å². The van der Waals surface area contributed by atoms with E-state index in [9.17, 15) is 9.18 Å². The molecule has 0 radical (unpaired) electrons. The summed E-state index contributed by atoms with van der Waals surface area (Å²) in [5.74, 6) is -0.256. The van der Waals surface area contributed by atoms with Gasteiger partial charge in [-0.2, -0.15) is 0 Å². The van der Waals surface area contributed by atoms with E-state index >= 15 is 0 Å². The molecule has 0 unspecified atom stereocenters. The molecule has 0 amide bonds. The van der Waals surface area contributed by atoms with Gasteiger partial charge in [0.1, 0.15) is 0 Å². The third kappa shape index (κ3) is 10.2. The number of ether oxygens (including phenoxy) is 1. The number of halogens is 1. The first-order valence-corrected chi connectivity index (χ1v) is 4.47. The van der Waals surface area contributed by atoms with Gasteiger partial charge in [-0.05, 0) is 27.2 Å². The zero-order valence-electron chi connectivity index (χ0n) is 8.47. The molecule has 0 N–H and O–H groups in total. The quantitative estimate of drug-likeness (QED) is 0.396. The second-order valence-corrected chi connectivity index (χ2v) is 3.23. The second-order valence-electron chi connectivity index (χ2n) is 3.23. The fourth-order valence-corrected chi connectivity index (χ4v) is 0.820. The van der Waals surface area contributed by atoms with Gasteiger partial charge >= 0.3 is 35.5 Å². The summed E-state index contributed by atoms with van der Waals surface area (Å²) in [6.45, 7) is 5.04. The van der Waals surface area contributed by atoms with Crippen molar-refractivity contribution in [3.63, 3.8) is 0 Å². The maximum atomic E-state index is 11.8. The summed E-state index contributed by atoms with van der Waals surface area (Å²) in [7, 11) is 0. The number of esters is 1. The molecule has 0 aromatic heterocycles. The van der Waals surface area contributed by atoms with E-state index in [2.05, 4.69) is 0 Å². The number of rotatable bonds is 5. The molecular formula is C10H18FNaO2. The van der Waals surface area contributed by atoms with Gasteiger partial charge in [0.15, 0.2) is 0 Å². The molecular weight excluding hydrogens is 194 g/mol. The zero-order valence-corrected chi connectivity index (χ0v) is 8.47. The predicted molar refractivity (Wildman–Crippen MR) is 57.3 cm³/mol. The van der Waals surface area contributed by atoms with Crippen LogP contribution >= 0.6 is 0 Å². The first-order valence-electron chi connectivity index (χ1n) is 4.47. The van der Waals surface area contributed by atoms with Crippen molar-refractivity contribution in [2.45, 2.75) is 39.7 Å². The van der Waals surface area contributed by atoms with Gasteiger partial charge < -0.3 is 4.74 Å². The minimum atomic E-state index is -0.373. The topological polar surface area (TPSA) is 26.3 Å². The van der Waals surface area contributed by atoms with Crippen molar-refractivity contribution in [1.82, 2.24) is 0 Å². The van der Waals surface area contributed by atoms with Crippen LogP contribution in [0.15, 0.2) is 11.6 Å². The van der Waals surface area contributed by atoms with Gasteiger partial charge in [-0.25, -0.2) is 0 Å². The van der Waals surface area contributed by atoms with Crippen LogP contribution in [0.5, 0.6) is 0 Å². The molecule has 0 spiro atoms. The van der Waals surface area contributed by atoms with Crippen molar-refractivity contribution >= 4 is 35.5 Å². The third-order valence-electron chi connectivity index (χ3n) is 1.47. The van der Waals surface area contributed by atoms with E-state index in [-0.39, 0.29) is 54.7 Å². The Labute approximate surface area is 107 Å². The fraction of sp³-hybridized carbons (Fsp3) is 0.700. The normalized spacial score (nSPS) is 11.1. The van der Waals surface area contributed by atoms with Crippen LogP contribution in [0.4, 0.5) is 4.39 Å². The zero-order chi connectivity index (χ0) is 10.3. The van der Waals surface area contributed by atoms with Crippen LogP contribution in [0.2, 0.25) is 0 Å².